The highest BCUT2D eigenvalue weighted by molar-refractivity contribution is 5.87. The van der Waals surface area contributed by atoms with Gasteiger partial charge in [-0.2, -0.15) is 15.1 Å². The summed E-state index contributed by atoms with van der Waals surface area (Å²) >= 11 is 0. The van der Waals surface area contributed by atoms with Crippen molar-refractivity contribution in [2.24, 2.45) is 7.05 Å². The van der Waals surface area contributed by atoms with E-state index in [0.717, 1.165) is 23.3 Å². The monoisotopic (exact) mass is 356 g/mol. The van der Waals surface area contributed by atoms with Crippen molar-refractivity contribution >= 4 is 22.8 Å². The fourth-order valence-electron chi connectivity index (χ4n) is 2.46. The number of fused-ring (bicyclic) bond motifs is 1. The first kappa shape index (κ1) is 19.7. The highest BCUT2D eigenvalue weighted by Gasteiger charge is 2.13. The zero-order valence-corrected chi connectivity index (χ0v) is 15.9. The standard InChI is InChI=1S/C17H22N6O.C2H6/c1-3-13(11-24)20-17-21-15(14-10-19-23(2)16(14)22-17)18-9-12-7-5-4-6-8-12;1-2/h4-8,10,13,24H,3,9,11H2,1-2H3,(H2,18,20,21,22);1-2H3. The first-order chi connectivity index (χ1) is 12.7. The number of aliphatic hydroxyl groups is 1. The van der Waals surface area contributed by atoms with Gasteiger partial charge in [-0.15, -0.1) is 0 Å². The Balaban J connectivity index is 0.00000117. The van der Waals surface area contributed by atoms with Crippen molar-refractivity contribution in [3.63, 3.8) is 0 Å². The van der Waals surface area contributed by atoms with Crippen LogP contribution >= 0.6 is 0 Å². The third kappa shape index (κ3) is 4.70. The molecular weight excluding hydrogens is 328 g/mol. The molecule has 0 aliphatic rings. The number of nitrogens with zero attached hydrogens (tertiary/aromatic N) is 4. The van der Waals surface area contributed by atoms with Gasteiger partial charge in [0.15, 0.2) is 5.65 Å². The Morgan fingerprint density at radius 1 is 1.15 bits per heavy atom. The van der Waals surface area contributed by atoms with Crippen LogP contribution in [0.15, 0.2) is 36.5 Å². The smallest absolute Gasteiger partial charge is 0.227 e. The van der Waals surface area contributed by atoms with Crippen molar-refractivity contribution < 1.29 is 5.11 Å². The lowest BCUT2D eigenvalue weighted by Gasteiger charge is -2.15. The maximum atomic E-state index is 9.39. The average molecular weight is 356 g/mol. The molecule has 0 aliphatic heterocycles. The van der Waals surface area contributed by atoms with Crippen molar-refractivity contribution in [2.45, 2.75) is 39.8 Å². The molecule has 2 heterocycles. The van der Waals surface area contributed by atoms with Gasteiger partial charge in [0.05, 0.1) is 24.2 Å². The number of rotatable bonds is 7. The normalized spacial score (nSPS) is 11.6. The van der Waals surface area contributed by atoms with E-state index in [1.54, 1.807) is 10.9 Å². The molecule has 2 aromatic heterocycles. The van der Waals surface area contributed by atoms with Crippen LogP contribution in [-0.2, 0) is 13.6 Å². The first-order valence-electron chi connectivity index (χ1n) is 9.06. The highest BCUT2D eigenvalue weighted by Crippen LogP contribution is 2.22. The predicted octanol–water partition coefficient (Wildman–Crippen LogP) is 3.18. The fraction of sp³-hybridized carbons (Fsp3) is 0.421. The predicted molar refractivity (Wildman–Crippen MR) is 106 cm³/mol. The minimum atomic E-state index is -0.0716. The van der Waals surface area contributed by atoms with Gasteiger partial charge < -0.3 is 15.7 Å². The molecule has 1 atom stereocenters. The highest BCUT2D eigenvalue weighted by atomic mass is 16.3. The number of benzene rings is 1. The van der Waals surface area contributed by atoms with Crippen LogP contribution in [0.2, 0.25) is 0 Å². The molecule has 0 bridgehead atoms. The molecule has 0 fully saturated rings. The van der Waals surface area contributed by atoms with Crippen LogP contribution in [0.25, 0.3) is 11.0 Å². The van der Waals surface area contributed by atoms with E-state index in [2.05, 4.69) is 37.8 Å². The molecule has 26 heavy (non-hydrogen) atoms. The summed E-state index contributed by atoms with van der Waals surface area (Å²) in [6.07, 6.45) is 2.55. The third-order valence-corrected chi connectivity index (χ3v) is 3.94. The van der Waals surface area contributed by atoms with Crippen LogP contribution in [-0.4, -0.2) is 37.5 Å². The molecule has 7 nitrogen and oxygen atoms in total. The maximum absolute atomic E-state index is 9.39. The van der Waals surface area contributed by atoms with Crippen LogP contribution in [0.1, 0.15) is 32.8 Å². The minimum Gasteiger partial charge on any atom is -0.394 e. The van der Waals surface area contributed by atoms with Gasteiger partial charge >= 0.3 is 0 Å². The van der Waals surface area contributed by atoms with E-state index in [4.69, 9.17) is 0 Å². The molecular formula is C19H28N6O. The number of hydrogen-bond acceptors (Lipinski definition) is 6. The quantitative estimate of drug-likeness (QED) is 0.603. The molecule has 0 spiro atoms. The number of nitrogens with one attached hydrogen (secondary N) is 2. The van der Waals surface area contributed by atoms with Crippen LogP contribution in [0.4, 0.5) is 11.8 Å². The second-order valence-electron chi connectivity index (χ2n) is 5.67. The molecule has 0 saturated carbocycles. The molecule has 0 radical (unpaired) electrons. The first-order valence-corrected chi connectivity index (χ1v) is 9.06. The lowest BCUT2D eigenvalue weighted by Crippen LogP contribution is -2.24. The van der Waals surface area contributed by atoms with Gasteiger partial charge in [0.2, 0.25) is 5.95 Å². The van der Waals surface area contributed by atoms with Crippen molar-refractivity contribution in [1.82, 2.24) is 19.7 Å². The number of aliphatic hydroxyl groups excluding tert-OH is 1. The molecule has 0 saturated heterocycles. The zero-order chi connectivity index (χ0) is 18.9. The van der Waals surface area contributed by atoms with Crippen LogP contribution in [0, 0.1) is 0 Å². The summed E-state index contributed by atoms with van der Waals surface area (Å²) in [5, 5.41) is 21.1. The van der Waals surface area contributed by atoms with Gasteiger partial charge in [0.25, 0.3) is 0 Å². The Bertz CT molecular complexity index is 798. The molecule has 0 amide bonds. The second kappa shape index (κ2) is 9.72. The molecule has 1 aromatic carbocycles. The summed E-state index contributed by atoms with van der Waals surface area (Å²) in [6.45, 7) is 6.71. The van der Waals surface area contributed by atoms with Crippen molar-refractivity contribution in [3.05, 3.63) is 42.1 Å². The van der Waals surface area contributed by atoms with Crippen molar-refractivity contribution in [1.29, 1.82) is 0 Å². The summed E-state index contributed by atoms with van der Waals surface area (Å²) < 4.78 is 1.72. The van der Waals surface area contributed by atoms with Crippen molar-refractivity contribution in [2.75, 3.05) is 17.2 Å². The Hall–Kier alpha value is -2.67. The lowest BCUT2D eigenvalue weighted by molar-refractivity contribution is 0.271. The van der Waals surface area contributed by atoms with E-state index in [0.29, 0.717) is 12.5 Å². The van der Waals surface area contributed by atoms with Crippen LogP contribution in [0.3, 0.4) is 0 Å². The number of hydrogen-bond donors (Lipinski definition) is 3. The molecule has 1 unspecified atom stereocenters. The van der Waals surface area contributed by atoms with Gasteiger partial charge in [0, 0.05) is 13.6 Å². The average Bonchev–Trinajstić information content (AvgIpc) is 3.07. The topological polar surface area (TPSA) is 87.9 Å². The molecule has 7 heteroatoms. The van der Waals surface area contributed by atoms with Gasteiger partial charge in [-0.05, 0) is 12.0 Å². The van der Waals surface area contributed by atoms with Gasteiger partial charge in [-0.3, -0.25) is 4.68 Å². The zero-order valence-electron chi connectivity index (χ0n) is 15.9. The van der Waals surface area contributed by atoms with E-state index in [1.807, 2.05) is 46.0 Å². The molecule has 3 N–H and O–H groups in total. The van der Waals surface area contributed by atoms with Crippen LogP contribution in [0.5, 0.6) is 0 Å². The lowest BCUT2D eigenvalue weighted by atomic mass is 10.2. The third-order valence-electron chi connectivity index (χ3n) is 3.94. The number of anilines is 2. The van der Waals surface area contributed by atoms with Gasteiger partial charge in [-0.25, -0.2) is 0 Å². The van der Waals surface area contributed by atoms with E-state index in [-0.39, 0.29) is 12.6 Å². The SMILES string of the molecule is CC.CCC(CO)Nc1nc(NCc2ccccc2)c2cnn(C)c2n1. The van der Waals surface area contributed by atoms with E-state index in [1.165, 1.54) is 5.56 Å². The second-order valence-corrected chi connectivity index (χ2v) is 5.67. The molecule has 140 valence electrons. The van der Waals surface area contributed by atoms with E-state index >= 15 is 0 Å². The Labute approximate surface area is 154 Å². The largest absolute Gasteiger partial charge is 0.394 e. The van der Waals surface area contributed by atoms with Crippen molar-refractivity contribution in [3.8, 4) is 0 Å². The summed E-state index contributed by atoms with van der Waals surface area (Å²) in [7, 11) is 1.85. The molecule has 0 aliphatic carbocycles. The summed E-state index contributed by atoms with van der Waals surface area (Å²) in [6, 6.07) is 10.1. The number of aromatic nitrogens is 4. The van der Waals surface area contributed by atoms with E-state index < -0.39 is 0 Å². The molecule has 3 rings (SSSR count). The number of aryl methyl sites for hydroxylation is 1. The Kier molecular flexibility index (Phi) is 7.35. The Morgan fingerprint density at radius 3 is 2.54 bits per heavy atom. The summed E-state index contributed by atoms with van der Waals surface area (Å²) in [4.78, 5) is 9.08. The maximum Gasteiger partial charge on any atom is 0.227 e. The van der Waals surface area contributed by atoms with E-state index in [9.17, 15) is 5.11 Å². The minimum absolute atomic E-state index is 0.0378. The fourth-order valence-corrected chi connectivity index (χ4v) is 2.46. The Morgan fingerprint density at radius 2 is 1.88 bits per heavy atom. The van der Waals surface area contributed by atoms with Gasteiger partial charge in [-0.1, -0.05) is 51.1 Å². The van der Waals surface area contributed by atoms with Crippen LogP contribution < -0.4 is 10.6 Å². The summed E-state index contributed by atoms with van der Waals surface area (Å²) in [5.41, 5.74) is 1.92. The molecule has 3 aromatic rings. The van der Waals surface area contributed by atoms with Gasteiger partial charge in [0.1, 0.15) is 5.82 Å². The summed E-state index contributed by atoms with van der Waals surface area (Å²) in [5.74, 6) is 1.22.